The van der Waals surface area contributed by atoms with Crippen LogP contribution in [0.3, 0.4) is 0 Å². The van der Waals surface area contributed by atoms with E-state index in [1.165, 1.54) is 42.0 Å². The van der Waals surface area contributed by atoms with Crippen molar-refractivity contribution in [3.63, 3.8) is 0 Å². The molecule has 1 aliphatic rings. The Morgan fingerprint density at radius 2 is 1.90 bits per heavy atom. The van der Waals surface area contributed by atoms with Crippen LogP contribution >= 0.6 is 11.8 Å². The standard InChI is InChI=1S/C18H24N2S/c1-2-20-13-5-6-16(20)14-19-15-9-11-18(12-10-15)21-17-7-3-4-8-17/h5-6,9-13,17,19H,2-4,7-8,14H2,1H3. The van der Waals surface area contributed by atoms with Crippen LogP contribution in [-0.2, 0) is 13.1 Å². The predicted octanol–water partition coefficient (Wildman–Crippen LogP) is 5.15. The molecule has 1 aliphatic carbocycles. The van der Waals surface area contributed by atoms with Crippen LogP contribution in [0.15, 0.2) is 47.5 Å². The summed E-state index contributed by atoms with van der Waals surface area (Å²) in [7, 11) is 0. The van der Waals surface area contributed by atoms with Gasteiger partial charge in [0.2, 0.25) is 0 Å². The van der Waals surface area contributed by atoms with Gasteiger partial charge in [-0.15, -0.1) is 11.8 Å². The van der Waals surface area contributed by atoms with E-state index in [1.54, 1.807) is 0 Å². The van der Waals surface area contributed by atoms with E-state index in [1.807, 2.05) is 11.8 Å². The average Bonchev–Trinajstić information content (AvgIpc) is 3.17. The number of rotatable bonds is 6. The highest BCUT2D eigenvalue weighted by atomic mass is 32.2. The molecule has 2 aromatic rings. The zero-order valence-electron chi connectivity index (χ0n) is 12.7. The Balaban J connectivity index is 1.54. The summed E-state index contributed by atoms with van der Waals surface area (Å²) in [6, 6.07) is 13.2. The summed E-state index contributed by atoms with van der Waals surface area (Å²) >= 11 is 2.05. The van der Waals surface area contributed by atoms with Gasteiger partial charge in [-0.3, -0.25) is 0 Å². The first-order chi connectivity index (χ1) is 10.3. The van der Waals surface area contributed by atoms with Gasteiger partial charge in [0.05, 0.1) is 6.54 Å². The SMILES string of the molecule is CCn1cccc1CNc1ccc(SC2CCCC2)cc1. The summed E-state index contributed by atoms with van der Waals surface area (Å²) in [5.74, 6) is 0. The molecule has 0 radical (unpaired) electrons. The molecule has 1 heterocycles. The van der Waals surface area contributed by atoms with Crippen molar-refractivity contribution >= 4 is 17.4 Å². The molecule has 2 nitrogen and oxygen atoms in total. The molecule has 21 heavy (non-hydrogen) atoms. The number of hydrogen-bond acceptors (Lipinski definition) is 2. The van der Waals surface area contributed by atoms with Crippen LogP contribution in [0.2, 0.25) is 0 Å². The highest BCUT2D eigenvalue weighted by molar-refractivity contribution is 8.00. The number of nitrogens with zero attached hydrogens (tertiary/aromatic N) is 1. The van der Waals surface area contributed by atoms with E-state index >= 15 is 0 Å². The van der Waals surface area contributed by atoms with Gasteiger partial charge in [-0.25, -0.2) is 0 Å². The molecule has 112 valence electrons. The van der Waals surface area contributed by atoms with E-state index in [9.17, 15) is 0 Å². The lowest BCUT2D eigenvalue weighted by Crippen LogP contribution is -2.05. The van der Waals surface area contributed by atoms with Crippen LogP contribution in [0, 0.1) is 0 Å². The fraction of sp³-hybridized carbons (Fsp3) is 0.444. The summed E-state index contributed by atoms with van der Waals surface area (Å²) in [4.78, 5) is 1.41. The van der Waals surface area contributed by atoms with Gasteiger partial charge in [0, 0.05) is 34.3 Å². The van der Waals surface area contributed by atoms with Gasteiger partial charge >= 0.3 is 0 Å². The van der Waals surface area contributed by atoms with E-state index < -0.39 is 0 Å². The van der Waals surface area contributed by atoms with Crippen molar-refractivity contribution in [2.24, 2.45) is 0 Å². The molecule has 0 spiro atoms. The van der Waals surface area contributed by atoms with E-state index in [2.05, 4.69) is 59.4 Å². The summed E-state index contributed by atoms with van der Waals surface area (Å²) in [6.45, 7) is 4.09. The third-order valence-corrected chi connectivity index (χ3v) is 5.55. The van der Waals surface area contributed by atoms with Crippen molar-refractivity contribution in [3.05, 3.63) is 48.3 Å². The van der Waals surface area contributed by atoms with Gasteiger partial charge < -0.3 is 9.88 Å². The van der Waals surface area contributed by atoms with Crippen molar-refractivity contribution in [2.45, 2.75) is 55.8 Å². The molecule has 1 aromatic carbocycles. The molecule has 1 aromatic heterocycles. The Labute approximate surface area is 131 Å². The molecular formula is C18H24N2S. The minimum absolute atomic E-state index is 0.844. The number of nitrogens with one attached hydrogen (secondary N) is 1. The summed E-state index contributed by atoms with van der Waals surface area (Å²) in [5.41, 5.74) is 2.54. The van der Waals surface area contributed by atoms with Gasteiger partial charge in [-0.1, -0.05) is 12.8 Å². The fourth-order valence-corrected chi connectivity index (χ4v) is 4.21. The molecule has 0 aliphatic heterocycles. The quantitative estimate of drug-likeness (QED) is 0.794. The number of hydrogen-bond donors (Lipinski definition) is 1. The molecule has 3 rings (SSSR count). The number of aryl methyl sites for hydroxylation is 1. The number of anilines is 1. The molecular weight excluding hydrogens is 276 g/mol. The maximum Gasteiger partial charge on any atom is 0.0553 e. The lowest BCUT2D eigenvalue weighted by atomic mass is 10.3. The maximum atomic E-state index is 3.51. The Kier molecular flexibility index (Phi) is 4.91. The Bertz CT molecular complexity index is 553. The fourth-order valence-electron chi connectivity index (χ4n) is 2.96. The van der Waals surface area contributed by atoms with Crippen molar-refractivity contribution in [3.8, 4) is 0 Å². The Morgan fingerprint density at radius 3 is 2.62 bits per heavy atom. The number of aromatic nitrogens is 1. The normalized spacial score (nSPS) is 15.5. The van der Waals surface area contributed by atoms with Crippen LogP contribution in [0.25, 0.3) is 0 Å². The van der Waals surface area contributed by atoms with Gasteiger partial charge in [0.1, 0.15) is 0 Å². The van der Waals surface area contributed by atoms with Gasteiger partial charge in [-0.2, -0.15) is 0 Å². The van der Waals surface area contributed by atoms with Crippen LogP contribution in [-0.4, -0.2) is 9.82 Å². The molecule has 1 fully saturated rings. The van der Waals surface area contributed by atoms with Crippen LogP contribution in [0.5, 0.6) is 0 Å². The lowest BCUT2D eigenvalue weighted by molar-refractivity contribution is 0.724. The summed E-state index contributed by atoms with van der Waals surface area (Å²) in [5, 5.41) is 4.36. The molecule has 0 saturated heterocycles. The lowest BCUT2D eigenvalue weighted by Gasteiger charge is -2.11. The Hall–Kier alpha value is -1.35. The molecule has 1 saturated carbocycles. The zero-order valence-corrected chi connectivity index (χ0v) is 13.5. The monoisotopic (exact) mass is 300 g/mol. The Morgan fingerprint density at radius 1 is 1.14 bits per heavy atom. The highest BCUT2D eigenvalue weighted by Crippen LogP contribution is 2.34. The predicted molar refractivity (Wildman–Crippen MR) is 92.0 cm³/mol. The van der Waals surface area contributed by atoms with Crippen molar-refractivity contribution in [1.29, 1.82) is 0 Å². The van der Waals surface area contributed by atoms with Crippen molar-refractivity contribution in [2.75, 3.05) is 5.32 Å². The molecule has 0 bridgehead atoms. The van der Waals surface area contributed by atoms with Crippen LogP contribution < -0.4 is 5.32 Å². The minimum atomic E-state index is 0.844. The molecule has 3 heteroatoms. The van der Waals surface area contributed by atoms with Gasteiger partial charge in [0.25, 0.3) is 0 Å². The first kappa shape index (κ1) is 14.6. The molecule has 0 atom stereocenters. The van der Waals surface area contributed by atoms with E-state index in [0.29, 0.717) is 0 Å². The smallest absolute Gasteiger partial charge is 0.0553 e. The minimum Gasteiger partial charge on any atom is -0.379 e. The van der Waals surface area contributed by atoms with Gasteiger partial charge in [-0.05, 0) is 56.2 Å². The second-order valence-corrected chi connectivity index (χ2v) is 7.06. The zero-order chi connectivity index (χ0) is 14.5. The van der Waals surface area contributed by atoms with E-state index in [-0.39, 0.29) is 0 Å². The third kappa shape index (κ3) is 3.85. The largest absolute Gasteiger partial charge is 0.379 e. The van der Waals surface area contributed by atoms with Crippen LogP contribution in [0.1, 0.15) is 38.3 Å². The molecule has 1 N–H and O–H groups in total. The second-order valence-electron chi connectivity index (χ2n) is 5.69. The topological polar surface area (TPSA) is 17.0 Å². The average molecular weight is 300 g/mol. The van der Waals surface area contributed by atoms with Crippen molar-refractivity contribution in [1.82, 2.24) is 4.57 Å². The number of thioether (sulfide) groups is 1. The number of benzene rings is 1. The molecule has 0 unspecified atom stereocenters. The second kappa shape index (κ2) is 7.08. The first-order valence-electron chi connectivity index (χ1n) is 8.00. The summed E-state index contributed by atoms with van der Waals surface area (Å²) < 4.78 is 2.28. The van der Waals surface area contributed by atoms with Crippen LogP contribution in [0.4, 0.5) is 5.69 Å². The van der Waals surface area contributed by atoms with Gasteiger partial charge in [0.15, 0.2) is 0 Å². The van der Waals surface area contributed by atoms with Crippen molar-refractivity contribution < 1.29 is 0 Å². The maximum absolute atomic E-state index is 3.51. The first-order valence-corrected chi connectivity index (χ1v) is 8.87. The summed E-state index contributed by atoms with van der Waals surface area (Å²) in [6.07, 6.45) is 7.73. The van der Waals surface area contributed by atoms with E-state index in [0.717, 1.165) is 18.3 Å². The highest BCUT2D eigenvalue weighted by Gasteiger charge is 2.15. The molecule has 0 amide bonds. The van der Waals surface area contributed by atoms with E-state index in [4.69, 9.17) is 0 Å². The third-order valence-electron chi connectivity index (χ3n) is 4.20.